The number of hydrogen-bond donors (Lipinski definition) is 2. The van der Waals surface area contributed by atoms with Gasteiger partial charge in [0, 0.05) is 44.7 Å². The lowest BCUT2D eigenvalue weighted by atomic mass is 9.88. The summed E-state index contributed by atoms with van der Waals surface area (Å²) in [7, 11) is 0. The Bertz CT molecular complexity index is 1430. The highest BCUT2D eigenvalue weighted by Crippen LogP contribution is 2.45. The van der Waals surface area contributed by atoms with Crippen molar-refractivity contribution >= 4 is 39.0 Å². The third-order valence-corrected chi connectivity index (χ3v) is 10.1. The van der Waals surface area contributed by atoms with Crippen LogP contribution < -0.4 is 16.0 Å². The van der Waals surface area contributed by atoms with Gasteiger partial charge in [-0.2, -0.15) is 0 Å². The molecular formula is C30H35FN6O2S. The Morgan fingerprint density at radius 2 is 1.90 bits per heavy atom. The Hall–Kier alpha value is -3.08. The molecule has 0 radical (unpaired) electrons. The van der Waals surface area contributed by atoms with Gasteiger partial charge in [-0.1, -0.05) is 18.2 Å². The Kier molecular flexibility index (Phi) is 6.93. The monoisotopic (exact) mass is 562 g/mol. The van der Waals surface area contributed by atoms with Crippen molar-refractivity contribution in [3.8, 4) is 0 Å². The predicted molar refractivity (Wildman–Crippen MR) is 155 cm³/mol. The molecule has 2 aromatic heterocycles. The Balaban J connectivity index is 1.06. The maximum Gasteiger partial charge on any atom is 0.223 e. The van der Waals surface area contributed by atoms with Gasteiger partial charge in [-0.05, 0) is 60.2 Å². The average Bonchev–Trinajstić information content (AvgIpc) is 3.71. The first-order valence-corrected chi connectivity index (χ1v) is 15.2. The van der Waals surface area contributed by atoms with Crippen molar-refractivity contribution in [1.29, 1.82) is 0 Å². The first-order chi connectivity index (χ1) is 19.5. The number of carbonyl (C=O) groups is 1. The third kappa shape index (κ3) is 4.86. The molecule has 3 aromatic rings. The number of allylic oxidation sites excluding steroid dienone is 1. The topological polar surface area (TPSA) is 96.6 Å². The number of halogens is 1. The number of carbonyl (C=O) groups excluding carboxylic acids is 1. The quantitative estimate of drug-likeness (QED) is 0.423. The van der Waals surface area contributed by atoms with E-state index in [0.717, 1.165) is 80.3 Å². The molecule has 2 bridgehead atoms. The fourth-order valence-corrected chi connectivity index (χ4v) is 7.95. The third-order valence-electron chi connectivity index (χ3n) is 9.18. The molecule has 3 N–H and O–H groups in total. The van der Waals surface area contributed by atoms with Crippen LogP contribution in [0.1, 0.15) is 30.7 Å². The summed E-state index contributed by atoms with van der Waals surface area (Å²) in [4.78, 5) is 26.6. The van der Waals surface area contributed by atoms with Gasteiger partial charge in [-0.3, -0.25) is 9.69 Å². The van der Waals surface area contributed by atoms with Gasteiger partial charge in [-0.15, -0.1) is 11.3 Å². The molecule has 4 unspecified atom stereocenters. The summed E-state index contributed by atoms with van der Waals surface area (Å²) < 4.78 is 21.8. The summed E-state index contributed by atoms with van der Waals surface area (Å²) in [5.41, 5.74) is 8.14. The lowest BCUT2D eigenvalue weighted by Gasteiger charge is -2.40. The molecule has 210 valence electrons. The van der Waals surface area contributed by atoms with Gasteiger partial charge in [0.05, 0.1) is 35.0 Å². The summed E-state index contributed by atoms with van der Waals surface area (Å²) >= 11 is 1.57. The highest BCUT2D eigenvalue weighted by molar-refractivity contribution is 7.17. The molecule has 10 heteroatoms. The fourth-order valence-electron chi connectivity index (χ4n) is 7.17. The van der Waals surface area contributed by atoms with Crippen molar-refractivity contribution in [2.75, 3.05) is 49.6 Å². The van der Waals surface area contributed by atoms with Gasteiger partial charge >= 0.3 is 0 Å². The van der Waals surface area contributed by atoms with E-state index in [1.807, 2.05) is 23.6 Å². The van der Waals surface area contributed by atoms with Crippen molar-refractivity contribution in [3.05, 3.63) is 59.0 Å². The van der Waals surface area contributed by atoms with Gasteiger partial charge in [0.1, 0.15) is 17.5 Å². The normalized spacial score (nSPS) is 27.1. The Morgan fingerprint density at radius 1 is 1.10 bits per heavy atom. The number of rotatable bonds is 7. The van der Waals surface area contributed by atoms with E-state index in [2.05, 4.69) is 27.3 Å². The van der Waals surface area contributed by atoms with E-state index in [9.17, 15) is 4.79 Å². The van der Waals surface area contributed by atoms with Crippen LogP contribution >= 0.6 is 11.3 Å². The molecule has 40 heavy (non-hydrogen) atoms. The van der Waals surface area contributed by atoms with Crippen LogP contribution in [-0.2, 0) is 16.0 Å². The van der Waals surface area contributed by atoms with Crippen molar-refractivity contribution < 1.29 is 13.9 Å². The number of amides is 1. The van der Waals surface area contributed by atoms with E-state index in [4.69, 9.17) is 20.4 Å². The van der Waals surface area contributed by atoms with Gasteiger partial charge < -0.3 is 20.7 Å². The molecule has 3 fully saturated rings. The summed E-state index contributed by atoms with van der Waals surface area (Å²) in [5, 5.41) is 5.56. The molecule has 8 nitrogen and oxygen atoms in total. The zero-order chi connectivity index (χ0) is 27.2. The van der Waals surface area contributed by atoms with Crippen LogP contribution in [0.4, 0.5) is 15.9 Å². The van der Waals surface area contributed by atoms with Crippen molar-refractivity contribution in [3.63, 3.8) is 0 Å². The van der Waals surface area contributed by atoms with E-state index in [1.54, 1.807) is 17.4 Å². The molecule has 0 spiro atoms. The maximum absolute atomic E-state index is 15.4. The number of hydrogen-bond acceptors (Lipinski definition) is 8. The predicted octanol–water partition coefficient (Wildman–Crippen LogP) is 3.81. The second-order valence-electron chi connectivity index (χ2n) is 11.5. The minimum Gasteiger partial charge on any atom is -0.379 e. The van der Waals surface area contributed by atoms with E-state index < -0.39 is 0 Å². The standard InChI is InChI=1S/C30H35FN6O2S/c31-22-15-18(1-4-24(22)37-8-5-21(6-9-37)36-10-12-39-13-11-36)16-25-33-23-7-14-40-28(23)30(34-25)35-27-20-3-2-19(17-20)26(27)29(32)38/h1-4,7,14-15,19-21,26-27H,5-6,8-13,16-17H2,(H2,32,38)(H,33,34,35). The SMILES string of the molecule is NC(=O)C1C2C=CC(C2)C1Nc1nc(Cc2ccc(N3CCC(N4CCOCC4)CC3)c(F)c2)nc2ccsc12. The molecular weight excluding hydrogens is 527 g/mol. The van der Waals surface area contributed by atoms with E-state index in [0.29, 0.717) is 24.0 Å². The number of anilines is 2. The van der Waals surface area contributed by atoms with Crippen LogP contribution in [0.3, 0.4) is 0 Å². The number of primary amides is 1. The number of piperidine rings is 1. The zero-order valence-electron chi connectivity index (χ0n) is 22.5. The first kappa shape index (κ1) is 25.9. The smallest absolute Gasteiger partial charge is 0.223 e. The lowest BCUT2D eigenvalue weighted by molar-refractivity contribution is -0.122. The van der Waals surface area contributed by atoms with E-state index >= 15 is 4.39 Å². The number of morpholine rings is 1. The maximum atomic E-state index is 15.4. The summed E-state index contributed by atoms with van der Waals surface area (Å²) in [6.45, 7) is 5.32. The second-order valence-corrected chi connectivity index (χ2v) is 12.4. The number of ether oxygens (including phenoxy) is 1. The van der Waals surface area contributed by atoms with Crippen LogP contribution in [0.5, 0.6) is 0 Å². The largest absolute Gasteiger partial charge is 0.379 e. The molecule has 2 saturated heterocycles. The molecule has 4 aliphatic rings. The molecule has 1 aromatic carbocycles. The molecule has 1 amide bonds. The number of nitrogens with two attached hydrogens (primary N) is 1. The molecule has 1 saturated carbocycles. The van der Waals surface area contributed by atoms with Crippen molar-refractivity contribution in [2.45, 2.75) is 37.8 Å². The van der Waals surface area contributed by atoms with Crippen LogP contribution in [0.2, 0.25) is 0 Å². The fraction of sp³-hybridized carbons (Fsp3) is 0.500. The Morgan fingerprint density at radius 3 is 2.67 bits per heavy atom. The molecule has 4 atom stereocenters. The molecule has 7 rings (SSSR count). The number of nitrogens with zero attached hydrogens (tertiary/aromatic N) is 4. The van der Waals surface area contributed by atoms with Crippen LogP contribution in [0.15, 0.2) is 41.8 Å². The minimum absolute atomic E-state index is 0.0790. The van der Waals surface area contributed by atoms with Gasteiger partial charge in [-0.25, -0.2) is 14.4 Å². The van der Waals surface area contributed by atoms with Gasteiger partial charge in [0.2, 0.25) is 5.91 Å². The minimum atomic E-state index is -0.271. The first-order valence-electron chi connectivity index (χ1n) is 14.4. The number of aromatic nitrogens is 2. The lowest BCUT2D eigenvalue weighted by Crippen LogP contribution is -2.49. The van der Waals surface area contributed by atoms with Crippen LogP contribution in [-0.4, -0.2) is 72.3 Å². The van der Waals surface area contributed by atoms with Gasteiger partial charge in [0.15, 0.2) is 0 Å². The summed E-state index contributed by atoms with van der Waals surface area (Å²) in [6, 6.07) is 7.98. The Labute approximate surface area is 237 Å². The summed E-state index contributed by atoms with van der Waals surface area (Å²) in [6.07, 6.45) is 7.75. The van der Waals surface area contributed by atoms with Crippen LogP contribution in [0, 0.1) is 23.6 Å². The van der Waals surface area contributed by atoms with E-state index in [1.165, 1.54) is 0 Å². The average molecular weight is 563 g/mol. The van der Waals surface area contributed by atoms with Crippen molar-refractivity contribution in [1.82, 2.24) is 14.9 Å². The highest BCUT2D eigenvalue weighted by atomic mass is 32.1. The molecule has 2 aliphatic heterocycles. The van der Waals surface area contributed by atoms with Gasteiger partial charge in [0.25, 0.3) is 0 Å². The highest BCUT2D eigenvalue weighted by Gasteiger charge is 2.47. The van der Waals surface area contributed by atoms with Crippen molar-refractivity contribution in [2.24, 2.45) is 23.5 Å². The molecule has 2 aliphatic carbocycles. The van der Waals surface area contributed by atoms with E-state index in [-0.39, 0.29) is 35.5 Å². The second kappa shape index (κ2) is 10.7. The van der Waals surface area contributed by atoms with Crippen LogP contribution in [0.25, 0.3) is 10.2 Å². The number of thiophene rings is 1. The number of nitrogens with one attached hydrogen (secondary N) is 1. The summed E-state index contributed by atoms with van der Waals surface area (Å²) in [5.74, 6) is 1.09. The number of fused-ring (bicyclic) bond motifs is 3. The molecule has 4 heterocycles. The zero-order valence-corrected chi connectivity index (χ0v) is 23.3. The number of benzene rings is 1.